The number of nitrogens with zero attached hydrogens (tertiary/aromatic N) is 1. The van der Waals surface area contributed by atoms with Gasteiger partial charge in [-0.3, -0.25) is 4.79 Å². The fraction of sp³-hybridized carbons (Fsp3) is 0.857. The number of hydrogen-bond acceptors (Lipinski definition) is 2. The first kappa shape index (κ1) is 16.0. The Bertz CT molecular complexity index is 221. The van der Waals surface area contributed by atoms with Crippen LogP contribution in [0.1, 0.15) is 71.1 Å². The highest BCUT2D eigenvalue weighted by molar-refractivity contribution is 5.75. The normalized spacial score (nSPS) is 9.88. The summed E-state index contributed by atoms with van der Waals surface area (Å²) < 4.78 is 0. The molecule has 17 heavy (non-hydrogen) atoms. The average molecular weight is 238 g/mol. The van der Waals surface area contributed by atoms with Crippen LogP contribution in [0.4, 0.5) is 0 Å². The molecule has 0 atom stereocenters. The summed E-state index contributed by atoms with van der Waals surface area (Å²) in [5.41, 5.74) is 0. The van der Waals surface area contributed by atoms with Gasteiger partial charge >= 0.3 is 0 Å². The van der Waals surface area contributed by atoms with Crippen molar-refractivity contribution in [3.05, 3.63) is 0 Å². The van der Waals surface area contributed by atoms with E-state index in [1.54, 1.807) is 0 Å². The van der Waals surface area contributed by atoms with Crippen molar-refractivity contribution in [2.45, 2.75) is 71.1 Å². The van der Waals surface area contributed by atoms with Crippen molar-refractivity contribution in [3.63, 3.8) is 0 Å². The van der Waals surface area contributed by atoms with Gasteiger partial charge in [-0.2, -0.15) is 5.26 Å². The molecule has 0 unspecified atom stereocenters. The maximum absolute atomic E-state index is 11.1. The highest BCUT2D eigenvalue weighted by Crippen LogP contribution is 2.10. The number of rotatable bonds is 11. The van der Waals surface area contributed by atoms with Gasteiger partial charge in [0.1, 0.15) is 6.54 Å². The molecule has 3 nitrogen and oxygen atoms in total. The van der Waals surface area contributed by atoms with Crippen molar-refractivity contribution >= 4 is 5.91 Å². The second-order valence-corrected chi connectivity index (χ2v) is 4.51. The monoisotopic (exact) mass is 238 g/mol. The Morgan fingerprint density at radius 2 is 1.53 bits per heavy atom. The van der Waals surface area contributed by atoms with E-state index in [0.29, 0.717) is 6.42 Å². The van der Waals surface area contributed by atoms with E-state index in [1.807, 2.05) is 6.07 Å². The largest absolute Gasteiger partial charge is 0.343 e. The smallest absolute Gasteiger partial charge is 0.220 e. The third-order valence-corrected chi connectivity index (χ3v) is 2.87. The maximum atomic E-state index is 11.1. The predicted octanol–water partition coefficient (Wildman–Crippen LogP) is 3.55. The number of carbonyl (C=O) groups is 1. The minimum atomic E-state index is 0.00879. The Morgan fingerprint density at radius 3 is 2.06 bits per heavy atom. The van der Waals surface area contributed by atoms with Crippen LogP contribution in [-0.4, -0.2) is 12.5 Å². The van der Waals surface area contributed by atoms with Crippen LogP contribution in [0.15, 0.2) is 0 Å². The molecule has 0 aliphatic rings. The molecule has 0 aliphatic heterocycles. The van der Waals surface area contributed by atoms with E-state index < -0.39 is 0 Å². The molecule has 0 spiro atoms. The van der Waals surface area contributed by atoms with Crippen LogP contribution in [0, 0.1) is 11.3 Å². The number of unbranched alkanes of at least 4 members (excludes halogenated alkanes) is 8. The first-order chi connectivity index (χ1) is 8.31. The molecular formula is C14H26N2O. The van der Waals surface area contributed by atoms with Crippen LogP contribution < -0.4 is 5.32 Å². The van der Waals surface area contributed by atoms with Crippen LogP contribution in [0.3, 0.4) is 0 Å². The van der Waals surface area contributed by atoms with E-state index in [9.17, 15) is 4.79 Å². The van der Waals surface area contributed by atoms with Gasteiger partial charge in [0.25, 0.3) is 0 Å². The second kappa shape index (κ2) is 13.0. The summed E-state index contributed by atoms with van der Waals surface area (Å²) in [6.45, 7) is 2.37. The summed E-state index contributed by atoms with van der Waals surface area (Å²) >= 11 is 0. The third kappa shape index (κ3) is 12.9. The summed E-state index contributed by atoms with van der Waals surface area (Å²) in [6.07, 6.45) is 11.9. The van der Waals surface area contributed by atoms with Crippen molar-refractivity contribution in [2.24, 2.45) is 0 Å². The molecule has 0 fully saturated rings. The van der Waals surface area contributed by atoms with Gasteiger partial charge in [-0.25, -0.2) is 0 Å². The van der Waals surface area contributed by atoms with Crippen molar-refractivity contribution in [1.82, 2.24) is 5.32 Å². The molecule has 0 aromatic heterocycles. The molecular weight excluding hydrogens is 212 g/mol. The van der Waals surface area contributed by atoms with Crippen LogP contribution >= 0.6 is 0 Å². The molecule has 0 aromatic carbocycles. The molecule has 0 aliphatic carbocycles. The minimum Gasteiger partial charge on any atom is -0.343 e. The van der Waals surface area contributed by atoms with Gasteiger partial charge < -0.3 is 5.32 Å². The lowest BCUT2D eigenvalue weighted by Crippen LogP contribution is -2.22. The number of hydrogen-bond donors (Lipinski definition) is 1. The molecule has 0 heterocycles. The topological polar surface area (TPSA) is 52.9 Å². The Balaban J connectivity index is 3.08. The molecule has 0 saturated carbocycles. The Morgan fingerprint density at radius 1 is 1.00 bits per heavy atom. The fourth-order valence-electron chi connectivity index (χ4n) is 1.82. The molecule has 0 rings (SSSR count). The van der Waals surface area contributed by atoms with Crippen molar-refractivity contribution < 1.29 is 4.79 Å². The van der Waals surface area contributed by atoms with Crippen LogP contribution in [0.5, 0.6) is 0 Å². The molecule has 0 saturated heterocycles. The first-order valence-corrected chi connectivity index (χ1v) is 6.95. The van der Waals surface area contributed by atoms with Gasteiger partial charge in [0, 0.05) is 6.42 Å². The lowest BCUT2D eigenvalue weighted by molar-refractivity contribution is -0.120. The lowest BCUT2D eigenvalue weighted by atomic mass is 10.1. The standard InChI is InChI=1S/C14H26N2O/c1-2-3-4-5-6-7-8-9-10-11-14(17)16-13-12-15/h2-11,13H2,1H3,(H,16,17). The zero-order valence-corrected chi connectivity index (χ0v) is 11.1. The van der Waals surface area contributed by atoms with Gasteiger partial charge in [-0.15, -0.1) is 0 Å². The number of nitriles is 1. The highest BCUT2D eigenvalue weighted by atomic mass is 16.1. The molecule has 1 N–H and O–H groups in total. The summed E-state index contributed by atoms with van der Waals surface area (Å²) in [5, 5.41) is 10.8. The average Bonchev–Trinajstić information content (AvgIpc) is 2.34. The van der Waals surface area contributed by atoms with Gasteiger partial charge in [-0.1, -0.05) is 58.3 Å². The van der Waals surface area contributed by atoms with E-state index in [2.05, 4.69) is 12.2 Å². The van der Waals surface area contributed by atoms with Gasteiger partial charge in [0.05, 0.1) is 6.07 Å². The maximum Gasteiger partial charge on any atom is 0.220 e. The summed E-state index contributed by atoms with van der Waals surface area (Å²) in [5.74, 6) is 0.00879. The van der Waals surface area contributed by atoms with Crippen LogP contribution in [0.2, 0.25) is 0 Å². The quantitative estimate of drug-likeness (QED) is 0.442. The zero-order valence-electron chi connectivity index (χ0n) is 11.1. The van der Waals surface area contributed by atoms with Gasteiger partial charge in [0.2, 0.25) is 5.91 Å². The zero-order chi connectivity index (χ0) is 12.8. The van der Waals surface area contributed by atoms with Crippen LogP contribution in [0.25, 0.3) is 0 Å². The summed E-state index contributed by atoms with van der Waals surface area (Å²) in [6, 6.07) is 1.90. The van der Waals surface area contributed by atoms with Gasteiger partial charge in [-0.05, 0) is 6.42 Å². The Hall–Kier alpha value is -1.04. The van der Waals surface area contributed by atoms with E-state index in [-0.39, 0.29) is 12.5 Å². The Kier molecular flexibility index (Phi) is 12.2. The molecule has 0 radical (unpaired) electrons. The van der Waals surface area contributed by atoms with Crippen molar-refractivity contribution in [3.8, 4) is 6.07 Å². The Labute approximate surface area is 106 Å². The van der Waals surface area contributed by atoms with Gasteiger partial charge in [0.15, 0.2) is 0 Å². The third-order valence-electron chi connectivity index (χ3n) is 2.87. The molecule has 0 aromatic rings. The van der Waals surface area contributed by atoms with E-state index in [4.69, 9.17) is 5.26 Å². The molecule has 3 heteroatoms. The minimum absolute atomic E-state index is 0.00879. The lowest BCUT2D eigenvalue weighted by Gasteiger charge is -2.02. The van der Waals surface area contributed by atoms with E-state index >= 15 is 0 Å². The van der Waals surface area contributed by atoms with Crippen LogP contribution in [-0.2, 0) is 4.79 Å². The van der Waals surface area contributed by atoms with E-state index in [0.717, 1.165) is 12.8 Å². The number of amides is 1. The summed E-state index contributed by atoms with van der Waals surface area (Å²) in [4.78, 5) is 11.1. The second-order valence-electron chi connectivity index (χ2n) is 4.51. The van der Waals surface area contributed by atoms with Crippen molar-refractivity contribution in [1.29, 1.82) is 5.26 Å². The molecule has 98 valence electrons. The first-order valence-electron chi connectivity index (χ1n) is 6.95. The highest BCUT2D eigenvalue weighted by Gasteiger charge is 1.99. The van der Waals surface area contributed by atoms with Crippen molar-refractivity contribution in [2.75, 3.05) is 6.54 Å². The SMILES string of the molecule is CCCCCCCCCCCC(=O)NCC#N. The fourth-order valence-corrected chi connectivity index (χ4v) is 1.82. The summed E-state index contributed by atoms with van der Waals surface area (Å²) in [7, 11) is 0. The number of carbonyl (C=O) groups excluding carboxylic acids is 1. The molecule has 0 bridgehead atoms. The molecule has 1 amide bonds. The predicted molar refractivity (Wildman–Crippen MR) is 70.5 cm³/mol. The van der Waals surface area contributed by atoms with E-state index in [1.165, 1.54) is 44.9 Å². The number of nitrogens with one attached hydrogen (secondary N) is 1.